The molecule has 5 N–H and O–H groups in total. The Hall–Kier alpha value is -2.31. The monoisotopic (exact) mass is 631 g/mol. The van der Waals surface area contributed by atoms with Crippen molar-refractivity contribution in [2.75, 3.05) is 31.1 Å². The van der Waals surface area contributed by atoms with E-state index in [9.17, 15) is 23.8 Å². The molecule has 9 nitrogen and oxygen atoms in total. The fraction of sp³-hybridized carbons (Fsp3) is 0.531. The minimum Gasteiger partial charge on any atom is -0.760 e. The van der Waals surface area contributed by atoms with Gasteiger partial charge in [-0.2, -0.15) is 0 Å². The quantitative estimate of drug-likeness (QED) is 0.341. The van der Waals surface area contributed by atoms with Crippen LogP contribution in [0.4, 0.5) is 5.69 Å². The minimum absolute atomic E-state index is 0.0674. The Morgan fingerprint density at radius 2 is 1.95 bits per heavy atom. The van der Waals surface area contributed by atoms with Crippen LogP contribution in [0.3, 0.4) is 0 Å². The lowest BCUT2D eigenvalue weighted by Crippen LogP contribution is -2.69. The SMILES string of the molecule is CC12CC[C@H]1[C@@H](O)/C=C/CCCN(S(=O)[O-])C[C@@](O)(C([NH3+])=O)c1ccc3c(c1)N(CCCCc1cc(Cl)ccc1CO3)C2. The summed E-state index contributed by atoms with van der Waals surface area (Å²) in [7, 11) is 0. The molecule has 1 saturated carbocycles. The lowest BCUT2D eigenvalue weighted by atomic mass is 9.58. The van der Waals surface area contributed by atoms with Crippen molar-refractivity contribution in [2.24, 2.45) is 11.3 Å². The molecule has 11 heteroatoms. The maximum absolute atomic E-state index is 12.9. The summed E-state index contributed by atoms with van der Waals surface area (Å²) >= 11 is 3.65. The number of fused-ring (bicyclic) bond motifs is 3. The first kappa shape index (κ1) is 32.1. The van der Waals surface area contributed by atoms with Crippen molar-refractivity contribution < 1.29 is 34.2 Å². The minimum atomic E-state index is -2.67. The number of anilines is 1. The topological polar surface area (TPSA) is 141 Å². The van der Waals surface area contributed by atoms with E-state index < -0.39 is 35.4 Å². The summed E-state index contributed by atoms with van der Waals surface area (Å²) in [6.45, 7) is 3.53. The van der Waals surface area contributed by atoms with Gasteiger partial charge in [0.15, 0.2) is 0 Å². The highest BCUT2D eigenvalue weighted by Crippen LogP contribution is 2.50. The highest BCUT2D eigenvalue weighted by atomic mass is 35.5. The number of carbonyl (C=O) groups excluding carboxylic acids is 1. The third kappa shape index (κ3) is 7.01. The molecule has 5 atom stereocenters. The van der Waals surface area contributed by atoms with E-state index in [-0.39, 0.29) is 23.4 Å². The average molecular weight is 632 g/mol. The number of benzene rings is 2. The van der Waals surface area contributed by atoms with Crippen molar-refractivity contribution in [3.8, 4) is 5.75 Å². The molecule has 2 heterocycles. The highest BCUT2D eigenvalue weighted by molar-refractivity contribution is 7.76. The molecule has 0 radical (unpaired) electrons. The van der Waals surface area contributed by atoms with Gasteiger partial charge >= 0.3 is 5.91 Å². The summed E-state index contributed by atoms with van der Waals surface area (Å²) in [4.78, 5) is 15.2. The summed E-state index contributed by atoms with van der Waals surface area (Å²) in [6, 6.07) is 11.0. The van der Waals surface area contributed by atoms with E-state index in [1.807, 2.05) is 30.4 Å². The lowest BCUT2D eigenvalue weighted by molar-refractivity contribution is -0.326. The number of carbonyl (C=O) groups is 1. The Morgan fingerprint density at radius 3 is 2.67 bits per heavy atom. The van der Waals surface area contributed by atoms with Crippen molar-refractivity contribution in [2.45, 2.75) is 70.2 Å². The van der Waals surface area contributed by atoms with E-state index in [0.29, 0.717) is 49.0 Å². The Balaban J connectivity index is 1.61. The normalized spacial score (nSPS) is 30.4. The molecule has 3 aliphatic rings. The smallest absolute Gasteiger partial charge is 0.346 e. The van der Waals surface area contributed by atoms with Gasteiger partial charge < -0.3 is 24.4 Å². The standard InChI is InChI=1S/C32H42ClN3O6S/c1-31-14-13-26(31)28(37)8-3-2-5-16-36(43(40)41)21-32(39,30(34)38)24-10-12-29-27(18-24)35(20-31)15-6-4-7-22-17-25(33)11-9-23(22)19-42-29/h3,8-12,17-18,26,28,37,39H,2,4-7,13-16,19-21H2,1H3,(H2,34,38)(H,40,41)/b8-3+/t26-,28-,31?,32-/m0/s1. The second kappa shape index (κ2) is 13.4. The summed E-state index contributed by atoms with van der Waals surface area (Å²) in [5.41, 5.74) is 4.38. The second-order valence-corrected chi connectivity index (χ2v) is 13.9. The summed E-state index contributed by atoms with van der Waals surface area (Å²) in [5.74, 6) is -0.124. The van der Waals surface area contributed by atoms with Crippen LogP contribution in [-0.2, 0) is 34.7 Å². The molecule has 2 aromatic carbocycles. The first-order chi connectivity index (χ1) is 20.5. The number of quaternary nitrogens is 1. The number of rotatable bonds is 2. The van der Waals surface area contributed by atoms with Crippen molar-refractivity contribution in [1.29, 1.82) is 0 Å². The zero-order chi connectivity index (χ0) is 30.8. The van der Waals surface area contributed by atoms with Crippen LogP contribution in [0.15, 0.2) is 48.6 Å². The number of allylic oxidation sites excluding steroid dienone is 1. The molecule has 1 amide bonds. The fourth-order valence-corrected chi connectivity index (χ4v) is 7.51. The van der Waals surface area contributed by atoms with Crippen molar-refractivity contribution in [3.63, 3.8) is 0 Å². The molecular formula is C32H42ClN3O6S. The van der Waals surface area contributed by atoms with E-state index in [1.165, 1.54) is 0 Å². The van der Waals surface area contributed by atoms with Crippen LogP contribution in [0.2, 0.25) is 5.02 Å². The molecule has 0 spiro atoms. The number of β-amino-alcohol motifs (C(OH)–C–C–N with tert-alkyl or cyclic N) is 1. The Morgan fingerprint density at radius 1 is 1.14 bits per heavy atom. The Kier molecular flexibility index (Phi) is 9.97. The first-order valence-corrected chi connectivity index (χ1v) is 16.5. The molecule has 2 aliphatic heterocycles. The van der Waals surface area contributed by atoms with Gasteiger partial charge in [-0.1, -0.05) is 42.8 Å². The maximum atomic E-state index is 12.9. The molecule has 5 rings (SSSR count). The van der Waals surface area contributed by atoms with Gasteiger partial charge in [-0.3, -0.25) is 9.94 Å². The molecule has 0 saturated heterocycles. The van der Waals surface area contributed by atoms with Crippen molar-refractivity contribution >= 4 is 34.5 Å². The third-order valence-electron chi connectivity index (χ3n) is 9.53. The second-order valence-electron chi connectivity index (χ2n) is 12.5. The van der Waals surface area contributed by atoms with E-state index in [2.05, 4.69) is 17.6 Å². The van der Waals surface area contributed by atoms with Crippen molar-refractivity contribution in [1.82, 2.24) is 4.31 Å². The van der Waals surface area contributed by atoms with Crippen LogP contribution in [-0.4, -0.2) is 61.5 Å². The van der Waals surface area contributed by atoms with E-state index >= 15 is 0 Å². The number of aryl methyl sites for hydroxylation is 1. The van der Waals surface area contributed by atoms with Crippen LogP contribution in [0.25, 0.3) is 0 Å². The van der Waals surface area contributed by atoms with Crippen LogP contribution in [0.1, 0.15) is 62.1 Å². The zero-order valence-electron chi connectivity index (χ0n) is 24.7. The number of amides is 1. The number of ether oxygens (including phenoxy) is 1. The molecular weight excluding hydrogens is 590 g/mol. The zero-order valence-corrected chi connectivity index (χ0v) is 26.2. The van der Waals surface area contributed by atoms with Crippen LogP contribution in [0.5, 0.6) is 5.75 Å². The molecule has 2 aromatic rings. The number of aliphatic hydroxyl groups excluding tert-OH is 1. The van der Waals surface area contributed by atoms with Gasteiger partial charge in [0.1, 0.15) is 12.4 Å². The lowest BCUT2D eigenvalue weighted by Gasteiger charge is -2.51. The average Bonchev–Trinajstić information content (AvgIpc) is 2.98. The molecule has 1 aliphatic carbocycles. The number of hydrogen-bond donors (Lipinski definition) is 3. The van der Waals surface area contributed by atoms with Crippen LogP contribution >= 0.6 is 11.6 Å². The molecule has 43 heavy (non-hydrogen) atoms. The molecule has 0 aromatic heterocycles. The number of nitrogens with zero attached hydrogens (tertiary/aromatic N) is 2. The molecule has 2 bridgehead atoms. The van der Waals surface area contributed by atoms with Gasteiger partial charge in [-0.25, -0.2) is 9.10 Å². The molecule has 1 fully saturated rings. The summed E-state index contributed by atoms with van der Waals surface area (Å²) in [6.07, 6.45) is 8.68. The van der Waals surface area contributed by atoms with Gasteiger partial charge in [0.2, 0.25) is 5.60 Å². The van der Waals surface area contributed by atoms with Gasteiger partial charge in [0.25, 0.3) is 0 Å². The van der Waals surface area contributed by atoms with Crippen molar-refractivity contribution in [3.05, 3.63) is 70.3 Å². The van der Waals surface area contributed by atoms with E-state index in [4.69, 9.17) is 16.3 Å². The van der Waals surface area contributed by atoms with Crippen LogP contribution in [0, 0.1) is 11.3 Å². The van der Waals surface area contributed by atoms with Gasteiger partial charge in [0, 0.05) is 41.5 Å². The number of aliphatic hydroxyl groups is 2. The van der Waals surface area contributed by atoms with E-state index in [0.717, 1.165) is 47.5 Å². The summed E-state index contributed by atoms with van der Waals surface area (Å²) < 4.78 is 31.8. The Bertz CT molecular complexity index is 1390. The summed E-state index contributed by atoms with van der Waals surface area (Å²) in [5, 5.41) is 23.6. The number of hydrogen-bond acceptors (Lipinski definition) is 7. The van der Waals surface area contributed by atoms with E-state index in [1.54, 1.807) is 18.2 Å². The highest BCUT2D eigenvalue weighted by Gasteiger charge is 2.47. The van der Waals surface area contributed by atoms with Gasteiger partial charge in [-0.05, 0) is 91.7 Å². The van der Waals surface area contributed by atoms with Crippen LogP contribution < -0.4 is 15.4 Å². The van der Waals surface area contributed by atoms with Gasteiger partial charge in [-0.15, -0.1) is 0 Å². The predicted octanol–water partition coefficient (Wildman–Crippen LogP) is 3.24. The predicted molar refractivity (Wildman–Crippen MR) is 165 cm³/mol. The maximum Gasteiger partial charge on any atom is 0.346 e. The largest absolute Gasteiger partial charge is 0.760 e. The first-order valence-electron chi connectivity index (χ1n) is 15.1. The third-order valence-corrected chi connectivity index (χ3v) is 10.5. The fourth-order valence-electron chi connectivity index (χ4n) is 6.75. The number of halogens is 1. The van der Waals surface area contributed by atoms with Gasteiger partial charge in [0.05, 0.1) is 18.3 Å². The molecule has 2 unspecified atom stereocenters. The Labute approximate surface area is 261 Å². The molecule has 234 valence electrons.